The summed E-state index contributed by atoms with van der Waals surface area (Å²) in [7, 11) is 0. The second-order valence-electron chi connectivity index (χ2n) is 4.17. The van der Waals surface area contributed by atoms with Crippen molar-refractivity contribution in [1.29, 1.82) is 0 Å². The molecule has 0 saturated carbocycles. The number of hydrogen-bond donors (Lipinski definition) is 2. The minimum atomic E-state index is -0.101. The predicted molar refractivity (Wildman–Crippen MR) is 62.9 cm³/mol. The molecule has 84 valence electrons. The molecular weight excluding hydrogens is 188 g/mol. The van der Waals surface area contributed by atoms with Crippen LogP contribution in [0.5, 0.6) is 0 Å². The van der Waals surface area contributed by atoms with Gasteiger partial charge in [0, 0.05) is 12.1 Å². The number of aryl methyl sites for hydroxylation is 2. The number of hydrogen-bond acceptors (Lipinski definition) is 4. The van der Waals surface area contributed by atoms with Crippen molar-refractivity contribution >= 4 is 5.82 Å². The van der Waals surface area contributed by atoms with Gasteiger partial charge in [-0.1, -0.05) is 6.92 Å². The quantitative estimate of drug-likeness (QED) is 0.789. The lowest BCUT2D eigenvalue weighted by Crippen LogP contribution is -2.42. The summed E-state index contributed by atoms with van der Waals surface area (Å²) in [6, 6.07) is 0. The maximum Gasteiger partial charge on any atom is 0.145 e. The number of nitrogens with two attached hydrogens (primary N) is 1. The molecule has 1 heterocycles. The fraction of sp³-hybridized carbons (Fsp3) is 0.636. The third kappa shape index (κ3) is 2.89. The van der Waals surface area contributed by atoms with Gasteiger partial charge >= 0.3 is 0 Å². The second-order valence-corrected chi connectivity index (χ2v) is 4.17. The van der Waals surface area contributed by atoms with E-state index in [4.69, 9.17) is 5.73 Å². The highest BCUT2D eigenvalue weighted by Crippen LogP contribution is 2.15. The number of nitrogens with zero attached hydrogens (tertiary/aromatic N) is 2. The topological polar surface area (TPSA) is 63.8 Å². The second kappa shape index (κ2) is 4.57. The zero-order valence-corrected chi connectivity index (χ0v) is 9.96. The van der Waals surface area contributed by atoms with Crippen LogP contribution in [0.15, 0.2) is 6.20 Å². The molecule has 0 amide bonds. The van der Waals surface area contributed by atoms with Gasteiger partial charge in [0.15, 0.2) is 0 Å². The Hall–Kier alpha value is -1.16. The summed E-state index contributed by atoms with van der Waals surface area (Å²) >= 11 is 0. The lowest BCUT2D eigenvalue weighted by molar-refractivity contribution is 0.504. The third-order valence-corrected chi connectivity index (χ3v) is 2.85. The van der Waals surface area contributed by atoms with Crippen LogP contribution >= 0.6 is 0 Å². The normalized spacial score (nSPS) is 14.7. The van der Waals surface area contributed by atoms with Crippen molar-refractivity contribution in [2.45, 2.75) is 39.7 Å². The van der Waals surface area contributed by atoms with E-state index in [-0.39, 0.29) is 5.54 Å². The van der Waals surface area contributed by atoms with Crippen LogP contribution in [0, 0.1) is 13.8 Å². The summed E-state index contributed by atoms with van der Waals surface area (Å²) in [5, 5.41) is 3.32. The third-order valence-electron chi connectivity index (χ3n) is 2.85. The van der Waals surface area contributed by atoms with Crippen LogP contribution in [-0.4, -0.2) is 22.1 Å². The summed E-state index contributed by atoms with van der Waals surface area (Å²) in [5.74, 6) is 0.799. The van der Waals surface area contributed by atoms with Gasteiger partial charge in [0.05, 0.1) is 17.6 Å². The van der Waals surface area contributed by atoms with Gasteiger partial charge in [0.2, 0.25) is 0 Å². The maximum absolute atomic E-state index is 5.72. The van der Waals surface area contributed by atoms with Gasteiger partial charge in [0.1, 0.15) is 5.82 Å². The molecule has 0 aliphatic rings. The van der Waals surface area contributed by atoms with E-state index in [1.807, 2.05) is 13.8 Å². The molecule has 0 spiro atoms. The molecule has 1 atom stereocenters. The van der Waals surface area contributed by atoms with Crippen molar-refractivity contribution < 1.29 is 0 Å². The number of nitrogens with one attached hydrogen (secondary N) is 1. The Morgan fingerprint density at radius 3 is 2.53 bits per heavy atom. The Morgan fingerprint density at radius 2 is 2.07 bits per heavy atom. The van der Waals surface area contributed by atoms with Gasteiger partial charge in [-0.2, -0.15) is 0 Å². The van der Waals surface area contributed by atoms with Crippen LogP contribution in [0.4, 0.5) is 5.82 Å². The van der Waals surface area contributed by atoms with Gasteiger partial charge in [0.25, 0.3) is 0 Å². The molecule has 1 unspecified atom stereocenters. The summed E-state index contributed by atoms with van der Waals surface area (Å²) in [4.78, 5) is 8.69. The summed E-state index contributed by atoms with van der Waals surface area (Å²) in [6.07, 6.45) is 2.71. The molecule has 1 rings (SSSR count). The molecule has 1 aromatic rings. The van der Waals surface area contributed by atoms with Crippen molar-refractivity contribution in [3.05, 3.63) is 17.6 Å². The fourth-order valence-electron chi connectivity index (χ4n) is 1.20. The molecule has 4 heteroatoms. The Morgan fingerprint density at radius 1 is 1.40 bits per heavy atom. The van der Waals surface area contributed by atoms with Crippen LogP contribution in [-0.2, 0) is 0 Å². The minimum Gasteiger partial charge on any atom is -0.362 e. The van der Waals surface area contributed by atoms with E-state index in [9.17, 15) is 0 Å². The molecule has 0 bridgehead atoms. The maximum atomic E-state index is 5.72. The van der Waals surface area contributed by atoms with Crippen LogP contribution in [0.1, 0.15) is 31.7 Å². The highest BCUT2D eigenvalue weighted by Gasteiger charge is 2.20. The van der Waals surface area contributed by atoms with Gasteiger partial charge < -0.3 is 11.1 Å². The molecule has 0 aromatic carbocycles. The van der Waals surface area contributed by atoms with Gasteiger partial charge in [-0.25, -0.2) is 4.98 Å². The van der Waals surface area contributed by atoms with Crippen molar-refractivity contribution in [2.24, 2.45) is 5.73 Å². The molecule has 3 N–H and O–H groups in total. The highest BCUT2D eigenvalue weighted by atomic mass is 15.1. The van der Waals surface area contributed by atoms with Gasteiger partial charge in [-0.05, 0) is 27.2 Å². The van der Waals surface area contributed by atoms with E-state index in [2.05, 4.69) is 29.1 Å². The molecular formula is C11H20N4. The van der Waals surface area contributed by atoms with Gasteiger partial charge in [-0.3, -0.25) is 4.98 Å². The lowest BCUT2D eigenvalue weighted by atomic mass is 9.99. The molecule has 0 aliphatic carbocycles. The first-order valence-corrected chi connectivity index (χ1v) is 5.29. The Kier molecular flexibility index (Phi) is 3.63. The molecule has 4 nitrogen and oxygen atoms in total. The lowest BCUT2D eigenvalue weighted by Gasteiger charge is -2.28. The SMILES string of the molecule is CCC(C)(CN)Nc1cnc(C)c(C)n1. The standard InChI is InChI=1S/C11H20N4/c1-5-11(4,7-12)15-10-6-13-8(2)9(3)14-10/h6H,5,7,12H2,1-4H3,(H,14,15). The van der Waals surface area contributed by atoms with E-state index in [1.54, 1.807) is 6.20 Å². The zero-order chi connectivity index (χ0) is 11.5. The van der Waals surface area contributed by atoms with Crippen molar-refractivity contribution in [3.8, 4) is 0 Å². The number of aromatic nitrogens is 2. The summed E-state index contributed by atoms with van der Waals surface area (Å²) < 4.78 is 0. The molecule has 0 aliphatic heterocycles. The van der Waals surface area contributed by atoms with Crippen LogP contribution in [0.25, 0.3) is 0 Å². The monoisotopic (exact) mass is 208 g/mol. The van der Waals surface area contributed by atoms with Crippen LogP contribution in [0.3, 0.4) is 0 Å². The molecule has 0 saturated heterocycles. The first-order valence-electron chi connectivity index (χ1n) is 5.29. The Balaban J connectivity index is 2.85. The first kappa shape index (κ1) is 11.9. The zero-order valence-electron chi connectivity index (χ0n) is 9.96. The molecule has 15 heavy (non-hydrogen) atoms. The van der Waals surface area contributed by atoms with E-state index in [0.717, 1.165) is 23.6 Å². The minimum absolute atomic E-state index is 0.101. The molecule has 0 radical (unpaired) electrons. The van der Waals surface area contributed by atoms with Crippen molar-refractivity contribution in [3.63, 3.8) is 0 Å². The highest BCUT2D eigenvalue weighted by molar-refractivity contribution is 5.36. The smallest absolute Gasteiger partial charge is 0.145 e. The van der Waals surface area contributed by atoms with E-state index >= 15 is 0 Å². The average molecular weight is 208 g/mol. The van der Waals surface area contributed by atoms with Crippen molar-refractivity contribution in [1.82, 2.24) is 9.97 Å². The number of rotatable bonds is 4. The molecule has 1 aromatic heterocycles. The first-order chi connectivity index (χ1) is 7.00. The average Bonchev–Trinajstić information content (AvgIpc) is 2.23. The fourth-order valence-corrected chi connectivity index (χ4v) is 1.20. The van der Waals surface area contributed by atoms with Crippen LogP contribution < -0.4 is 11.1 Å². The van der Waals surface area contributed by atoms with Crippen molar-refractivity contribution in [2.75, 3.05) is 11.9 Å². The largest absolute Gasteiger partial charge is 0.362 e. The van der Waals surface area contributed by atoms with E-state index < -0.39 is 0 Å². The Bertz CT molecular complexity index is 331. The summed E-state index contributed by atoms with van der Waals surface area (Å²) in [6.45, 7) is 8.68. The Labute approximate surface area is 91.3 Å². The number of anilines is 1. The molecule has 0 fully saturated rings. The van der Waals surface area contributed by atoms with E-state index in [1.165, 1.54) is 0 Å². The van der Waals surface area contributed by atoms with Gasteiger partial charge in [-0.15, -0.1) is 0 Å². The summed E-state index contributed by atoms with van der Waals surface area (Å²) in [5.41, 5.74) is 7.54. The van der Waals surface area contributed by atoms with Crippen LogP contribution in [0.2, 0.25) is 0 Å². The predicted octanol–water partition coefficient (Wildman–Crippen LogP) is 1.63. The van der Waals surface area contributed by atoms with E-state index in [0.29, 0.717) is 6.54 Å².